The summed E-state index contributed by atoms with van der Waals surface area (Å²) in [5.74, 6) is 0.468. The summed E-state index contributed by atoms with van der Waals surface area (Å²) in [5, 5.41) is 13.5. The van der Waals surface area contributed by atoms with Crippen molar-refractivity contribution in [3.63, 3.8) is 0 Å². The van der Waals surface area contributed by atoms with Gasteiger partial charge in [-0.1, -0.05) is 18.2 Å². The lowest BCUT2D eigenvalue weighted by atomic mass is 10.1. The third kappa shape index (κ3) is 3.46. The molecule has 126 valence electrons. The zero-order valence-corrected chi connectivity index (χ0v) is 14.2. The number of aryl methyl sites for hydroxylation is 1. The highest BCUT2D eigenvalue weighted by atomic mass is 32.2. The zero-order valence-electron chi connectivity index (χ0n) is 13.4. The van der Waals surface area contributed by atoms with Crippen LogP contribution in [0.2, 0.25) is 0 Å². The lowest BCUT2D eigenvalue weighted by Crippen LogP contribution is -2.47. The van der Waals surface area contributed by atoms with E-state index in [4.69, 9.17) is 5.11 Å². The van der Waals surface area contributed by atoms with E-state index in [0.29, 0.717) is 23.6 Å². The second-order valence-corrected chi connectivity index (χ2v) is 6.88. The summed E-state index contributed by atoms with van der Waals surface area (Å²) in [6, 6.07) is 9.33. The lowest BCUT2D eigenvalue weighted by molar-refractivity contribution is -0.138. The van der Waals surface area contributed by atoms with Crippen molar-refractivity contribution in [3.8, 4) is 5.69 Å². The Morgan fingerprint density at radius 2 is 2.08 bits per heavy atom. The smallest absolute Gasteiger partial charge is 0.305 e. The molecule has 3 rings (SSSR count). The van der Waals surface area contributed by atoms with Crippen molar-refractivity contribution in [2.45, 2.75) is 19.4 Å². The molecule has 0 saturated carbocycles. The van der Waals surface area contributed by atoms with Crippen LogP contribution in [0.3, 0.4) is 0 Å². The standard InChI is InChI=1S/C17H19N3O3S/c1-12-15(10-20(18-12)13-5-3-2-4-6-13)17(23)19-7-8-24-11-14(19)9-16(21)22/h2-6,10,14H,7-9,11H2,1H3,(H,21,22). The first-order chi connectivity index (χ1) is 11.6. The number of amides is 1. The number of carbonyl (C=O) groups is 2. The molecule has 2 aromatic rings. The predicted octanol–water partition coefficient (Wildman–Crippen LogP) is 2.21. The molecule has 1 unspecified atom stereocenters. The van der Waals surface area contributed by atoms with Crippen molar-refractivity contribution in [1.29, 1.82) is 0 Å². The van der Waals surface area contributed by atoms with Crippen molar-refractivity contribution >= 4 is 23.6 Å². The highest BCUT2D eigenvalue weighted by Crippen LogP contribution is 2.23. The van der Waals surface area contributed by atoms with Crippen molar-refractivity contribution in [1.82, 2.24) is 14.7 Å². The van der Waals surface area contributed by atoms with Crippen LogP contribution in [0.15, 0.2) is 36.5 Å². The highest BCUT2D eigenvalue weighted by Gasteiger charge is 2.31. The van der Waals surface area contributed by atoms with E-state index in [2.05, 4.69) is 5.10 Å². The van der Waals surface area contributed by atoms with E-state index >= 15 is 0 Å². The number of aromatic nitrogens is 2. The summed E-state index contributed by atoms with van der Waals surface area (Å²) in [4.78, 5) is 25.7. The molecule has 1 aromatic heterocycles. The molecule has 1 fully saturated rings. The number of carboxylic acids is 1. The fraction of sp³-hybridized carbons (Fsp3) is 0.353. The summed E-state index contributed by atoms with van der Waals surface area (Å²) < 4.78 is 1.69. The van der Waals surface area contributed by atoms with Crippen molar-refractivity contribution < 1.29 is 14.7 Å². The number of benzene rings is 1. The molecule has 1 amide bonds. The molecular formula is C17H19N3O3S. The molecule has 1 N–H and O–H groups in total. The predicted molar refractivity (Wildman–Crippen MR) is 92.7 cm³/mol. The number of carbonyl (C=O) groups excluding carboxylic acids is 1. The summed E-state index contributed by atoms with van der Waals surface area (Å²) in [6.07, 6.45) is 1.71. The molecule has 1 aromatic carbocycles. The summed E-state index contributed by atoms with van der Waals surface area (Å²) in [7, 11) is 0. The lowest BCUT2D eigenvalue weighted by Gasteiger charge is -2.34. The van der Waals surface area contributed by atoms with Crippen LogP contribution in [0.4, 0.5) is 0 Å². The molecule has 0 radical (unpaired) electrons. The van der Waals surface area contributed by atoms with Crippen molar-refractivity contribution in [2.75, 3.05) is 18.1 Å². The monoisotopic (exact) mass is 345 g/mol. The third-order valence-corrected chi connectivity index (χ3v) is 5.14. The van der Waals surface area contributed by atoms with E-state index in [1.54, 1.807) is 34.5 Å². The number of carboxylic acid groups (broad SMARTS) is 1. The Kier molecular flexibility index (Phi) is 4.89. The Morgan fingerprint density at radius 1 is 1.33 bits per heavy atom. The average molecular weight is 345 g/mol. The Balaban J connectivity index is 1.86. The van der Waals surface area contributed by atoms with E-state index in [1.807, 2.05) is 30.3 Å². The molecule has 7 heteroatoms. The van der Waals surface area contributed by atoms with E-state index in [9.17, 15) is 9.59 Å². The van der Waals surface area contributed by atoms with Crippen LogP contribution in [-0.2, 0) is 4.79 Å². The minimum Gasteiger partial charge on any atom is -0.481 e. The van der Waals surface area contributed by atoms with E-state index in [1.165, 1.54) is 0 Å². The van der Waals surface area contributed by atoms with E-state index in [0.717, 1.165) is 11.4 Å². The van der Waals surface area contributed by atoms with Crippen molar-refractivity contribution in [2.24, 2.45) is 0 Å². The van der Waals surface area contributed by atoms with Crippen molar-refractivity contribution in [3.05, 3.63) is 47.8 Å². The van der Waals surface area contributed by atoms with Crippen LogP contribution >= 0.6 is 11.8 Å². The van der Waals surface area contributed by atoms with Gasteiger partial charge in [-0.05, 0) is 19.1 Å². The van der Waals surface area contributed by atoms with Gasteiger partial charge in [-0.3, -0.25) is 9.59 Å². The maximum absolute atomic E-state index is 12.9. The van der Waals surface area contributed by atoms with Gasteiger partial charge in [0.2, 0.25) is 0 Å². The number of hydrogen-bond acceptors (Lipinski definition) is 4. The summed E-state index contributed by atoms with van der Waals surface area (Å²) in [6.45, 7) is 2.37. The Labute approximate surface area is 144 Å². The molecule has 0 spiro atoms. The number of para-hydroxylation sites is 1. The van der Waals surface area contributed by atoms with Crippen LogP contribution in [0.25, 0.3) is 5.69 Å². The number of thioether (sulfide) groups is 1. The van der Waals surface area contributed by atoms with Gasteiger partial charge >= 0.3 is 5.97 Å². The normalized spacial score (nSPS) is 17.7. The fourth-order valence-electron chi connectivity index (χ4n) is 2.83. The number of nitrogens with zero attached hydrogens (tertiary/aromatic N) is 3. The summed E-state index contributed by atoms with van der Waals surface area (Å²) in [5.41, 5.74) is 2.06. The quantitative estimate of drug-likeness (QED) is 0.919. The third-order valence-electron chi connectivity index (χ3n) is 4.05. The molecule has 0 bridgehead atoms. The number of hydrogen-bond donors (Lipinski definition) is 1. The van der Waals surface area contributed by atoms with Gasteiger partial charge < -0.3 is 10.0 Å². The summed E-state index contributed by atoms with van der Waals surface area (Å²) >= 11 is 1.69. The topological polar surface area (TPSA) is 75.4 Å². The minimum atomic E-state index is -0.878. The molecule has 2 heterocycles. The molecule has 1 aliphatic rings. The van der Waals surface area contributed by atoms with Gasteiger partial charge in [-0.2, -0.15) is 16.9 Å². The molecule has 1 aliphatic heterocycles. The highest BCUT2D eigenvalue weighted by molar-refractivity contribution is 7.99. The van der Waals surface area contributed by atoms with Gasteiger partial charge in [0.15, 0.2) is 0 Å². The zero-order chi connectivity index (χ0) is 17.1. The van der Waals surface area contributed by atoms with Crippen LogP contribution in [0.5, 0.6) is 0 Å². The molecule has 0 aliphatic carbocycles. The molecule has 1 atom stereocenters. The Hall–Kier alpha value is -2.28. The van der Waals surface area contributed by atoms with Crippen LogP contribution in [0, 0.1) is 6.92 Å². The SMILES string of the molecule is Cc1nn(-c2ccccc2)cc1C(=O)N1CCSCC1CC(=O)O. The first-order valence-electron chi connectivity index (χ1n) is 7.78. The van der Waals surface area contributed by atoms with Gasteiger partial charge in [0.1, 0.15) is 0 Å². The first-order valence-corrected chi connectivity index (χ1v) is 8.94. The molecule has 24 heavy (non-hydrogen) atoms. The van der Waals surface area contributed by atoms with E-state index < -0.39 is 5.97 Å². The number of rotatable bonds is 4. The van der Waals surface area contributed by atoms with Gasteiger partial charge in [0, 0.05) is 24.2 Å². The second-order valence-electron chi connectivity index (χ2n) is 5.73. The van der Waals surface area contributed by atoms with Gasteiger partial charge in [0.05, 0.1) is 29.4 Å². The Morgan fingerprint density at radius 3 is 2.79 bits per heavy atom. The molecule has 6 nitrogen and oxygen atoms in total. The average Bonchev–Trinajstić information content (AvgIpc) is 2.97. The first kappa shape index (κ1) is 16.6. The van der Waals surface area contributed by atoms with Gasteiger partial charge in [-0.15, -0.1) is 0 Å². The fourth-order valence-corrected chi connectivity index (χ4v) is 3.89. The minimum absolute atomic E-state index is 0.0232. The Bertz CT molecular complexity index is 745. The van der Waals surface area contributed by atoms with Crippen LogP contribution < -0.4 is 0 Å². The van der Waals surface area contributed by atoms with Gasteiger partial charge in [-0.25, -0.2) is 4.68 Å². The molecule has 1 saturated heterocycles. The van der Waals surface area contributed by atoms with E-state index in [-0.39, 0.29) is 18.4 Å². The maximum atomic E-state index is 12.9. The largest absolute Gasteiger partial charge is 0.481 e. The number of aliphatic carboxylic acids is 1. The maximum Gasteiger partial charge on any atom is 0.305 e. The van der Waals surface area contributed by atoms with Crippen LogP contribution in [0.1, 0.15) is 22.5 Å². The molecular weight excluding hydrogens is 326 g/mol. The van der Waals surface area contributed by atoms with Crippen LogP contribution in [-0.4, -0.2) is 55.8 Å². The second kappa shape index (κ2) is 7.09. The van der Waals surface area contributed by atoms with Gasteiger partial charge in [0.25, 0.3) is 5.91 Å².